The van der Waals surface area contributed by atoms with Gasteiger partial charge in [0.15, 0.2) is 5.13 Å². The Hall–Kier alpha value is -3.99. The summed E-state index contributed by atoms with van der Waals surface area (Å²) in [6.45, 7) is 2.05. The molecule has 3 aromatic carbocycles. The Balaban J connectivity index is 1.57. The molecular formula is C29H24ClN3O5S2. The van der Waals surface area contributed by atoms with Crippen LogP contribution in [-0.2, 0) is 27.1 Å². The molecule has 2 heterocycles. The Morgan fingerprint density at radius 3 is 2.45 bits per heavy atom. The van der Waals surface area contributed by atoms with Crippen molar-refractivity contribution >= 4 is 54.4 Å². The van der Waals surface area contributed by atoms with Gasteiger partial charge in [-0.2, -0.15) is 0 Å². The molecule has 0 unspecified atom stereocenters. The van der Waals surface area contributed by atoms with Crippen LogP contribution in [0.25, 0.3) is 21.5 Å². The molecule has 5 aromatic rings. The molecule has 204 valence electrons. The quantitative estimate of drug-likeness (QED) is 0.212. The third-order valence-electron chi connectivity index (χ3n) is 6.07. The Bertz CT molecular complexity index is 1850. The lowest BCUT2D eigenvalue weighted by molar-refractivity contribution is 0.0524. The number of rotatable bonds is 9. The highest BCUT2D eigenvalue weighted by Gasteiger charge is 2.22. The number of ether oxygens (including phenoxy) is 1. The molecule has 0 atom stereocenters. The molecule has 1 N–H and O–H groups in total. The van der Waals surface area contributed by atoms with Crippen LogP contribution in [0.1, 0.15) is 28.4 Å². The molecular weight excluding hydrogens is 570 g/mol. The molecule has 0 fully saturated rings. The van der Waals surface area contributed by atoms with Gasteiger partial charge in [0.25, 0.3) is 0 Å². The number of nitrogens with one attached hydrogen (secondary N) is 1. The van der Waals surface area contributed by atoms with Crippen molar-refractivity contribution in [2.24, 2.45) is 0 Å². The molecule has 0 saturated carbocycles. The van der Waals surface area contributed by atoms with Gasteiger partial charge in [0, 0.05) is 17.8 Å². The number of carbonyl (C=O) groups is 1. The summed E-state index contributed by atoms with van der Waals surface area (Å²) in [7, 11) is -3.86. The SMILES string of the molecule is CCOC(=O)c1cn(Cc2ccccc2-c2ccccc2)c2sc(NS(=O)(=O)Cc3ccc(Cl)cc3)nc2c1=O. The van der Waals surface area contributed by atoms with Crippen LogP contribution in [-0.4, -0.2) is 30.5 Å². The Kier molecular flexibility index (Phi) is 8.02. The summed E-state index contributed by atoms with van der Waals surface area (Å²) in [4.78, 5) is 30.7. The van der Waals surface area contributed by atoms with E-state index in [0.717, 1.165) is 28.0 Å². The number of nitrogens with zero attached hydrogens (tertiary/aromatic N) is 2. The van der Waals surface area contributed by atoms with E-state index in [-0.39, 0.29) is 28.6 Å². The largest absolute Gasteiger partial charge is 0.462 e. The predicted molar refractivity (Wildman–Crippen MR) is 159 cm³/mol. The third kappa shape index (κ3) is 6.09. The number of fused-ring (bicyclic) bond motifs is 1. The summed E-state index contributed by atoms with van der Waals surface area (Å²) in [6, 6.07) is 24.1. The maximum Gasteiger partial charge on any atom is 0.343 e. The minimum Gasteiger partial charge on any atom is -0.462 e. The normalized spacial score (nSPS) is 11.4. The van der Waals surface area contributed by atoms with Gasteiger partial charge in [-0.15, -0.1) is 0 Å². The van der Waals surface area contributed by atoms with Crippen LogP contribution in [0.4, 0.5) is 5.13 Å². The molecule has 0 aliphatic rings. The molecule has 2 aromatic heterocycles. The number of hydrogen-bond donors (Lipinski definition) is 1. The first-order chi connectivity index (χ1) is 19.2. The van der Waals surface area contributed by atoms with Crippen LogP contribution in [0.15, 0.2) is 89.9 Å². The van der Waals surface area contributed by atoms with E-state index < -0.39 is 21.4 Å². The first-order valence-electron chi connectivity index (χ1n) is 12.3. The van der Waals surface area contributed by atoms with Gasteiger partial charge in [-0.05, 0) is 41.3 Å². The van der Waals surface area contributed by atoms with Crippen molar-refractivity contribution in [3.63, 3.8) is 0 Å². The number of aromatic nitrogens is 2. The van der Waals surface area contributed by atoms with Gasteiger partial charge in [-0.1, -0.05) is 89.7 Å². The summed E-state index contributed by atoms with van der Waals surface area (Å²) < 4.78 is 35.2. The Labute approximate surface area is 239 Å². The lowest BCUT2D eigenvalue weighted by Gasteiger charge is -2.14. The minimum atomic E-state index is -3.86. The standard InChI is InChI=1S/C29H24ClN3O5S2/c1-2-38-28(35)24-17-33(16-21-10-6-7-11-23(21)20-8-4-3-5-9-20)27-25(26(24)34)31-29(39-27)32-40(36,37)18-19-12-14-22(30)15-13-19/h3-15,17H,2,16,18H2,1H3,(H,31,32). The van der Waals surface area contributed by atoms with Crippen LogP contribution in [0, 0.1) is 0 Å². The zero-order valence-corrected chi connectivity index (χ0v) is 23.7. The highest BCUT2D eigenvalue weighted by atomic mass is 35.5. The van der Waals surface area contributed by atoms with Gasteiger partial charge in [-0.3, -0.25) is 9.52 Å². The smallest absolute Gasteiger partial charge is 0.343 e. The summed E-state index contributed by atoms with van der Waals surface area (Å²) >= 11 is 6.93. The topological polar surface area (TPSA) is 107 Å². The zero-order chi connectivity index (χ0) is 28.3. The molecule has 40 heavy (non-hydrogen) atoms. The van der Waals surface area contributed by atoms with E-state index >= 15 is 0 Å². The zero-order valence-electron chi connectivity index (χ0n) is 21.3. The third-order valence-corrected chi connectivity index (χ3v) is 8.67. The summed E-state index contributed by atoms with van der Waals surface area (Å²) in [5, 5.41) is 0.520. The van der Waals surface area contributed by atoms with Gasteiger partial charge in [0.05, 0.1) is 12.4 Å². The maximum absolute atomic E-state index is 13.3. The Morgan fingerprint density at radius 1 is 1.02 bits per heavy atom. The minimum absolute atomic E-state index is 0.0167. The maximum atomic E-state index is 13.3. The number of thiazole rings is 1. The number of anilines is 1. The highest BCUT2D eigenvalue weighted by Crippen LogP contribution is 2.29. The van der Waals surface area contributed by atoms with Crippen LogP contribution in [0.3, 0.4) is 0 Å². The fourth-order valence-electron chi connectivity index (χ4n) is 4.28. The lowest BCUT2D eigenvalue weighted by atomic mass is 9.99. The highest BCUT2D eigenvalue weighted by molar-refractivity contribution is 7.92. The molecule has 0 aliphatic carbocycles. The summed E-state index contributed by atoms with van der Waals surface area (Å²) in [6.07, 6.45) is 1.45. The van der Waals surface area contributed by atoms with E-state index in [0.29, 0.717) is 22.0 Å². The number of pyridine rings is 1. The number of sulfonamides is 1. The van der Waals surface area contributed by atoms with Gasteiger partial charge < -0.3 is 9.30 Å². The van der Waals surface area contributed by atoms with Crippen molar-refractivity contribution in [3.8, 4) is 11.1 Å². The number of hydrogen-bond acceptors (Lipinski definition) is 7. The monoisotopic (exact) mass is 593 g/mol. The van der Waals surface area contributed by atoms with Crippen LogP contribution in [0.5, 0.6) is 0 Å². The average molecular weight is 594 g/mol. The molecule has 0 radical (unpaired) electrons. The fraction of sp³-hybridized carbons (Fsp3) is 0.138. The van der Waals surface area contributed by atoms with Gasteiger partial charge in [0.1, 0.15) is 15.9 Å². The molecule has 0 bridgehead atoms. The van der Waals surface area contributed by atoms with Crippen molar-refractivity contribution in [2.75, 3.05) is 11.3 Å². The molecule has 8 nitrogen and oxygen atoms in total. The molecule has 0 aliphatic heterocycles. The van der Waals surface area contributed by atoms with Crippen LogP contribution in [0.2, 0.25) is 5.02 Å². The van der Waals surface area contributed by atoms with E-state index in [9.17, 15) is 18.0 Å². The van der Waals surface area contributed by atoms with Crippen molar-refractivity contribution in [1.29, 1.82) is 0 Å². The summed E-state index contributed by atoms with van der Waals surface area (Å²) in [5.74, 6) is -1.07. The average Bonchev–Trinajstić information content (AvgIpc) is 3.36. The molecule has 0 spiro atoms. The second-order valence-electron chi connectivity index (χ2n) is 8.90. The molecule has 0 saturated heterocycles. The van der Waals surface area contributed by atoms with E-state index in [2.05, 4.69) is 9.71 Å². The second-order valence-corrected chi connectivity index (χ2v) is 12.0. The van der Waals surface area contributed by atoms with Crippen molar-refractivity contribution in [2.45, 2.75) is 19.2 Å². The van der Waals surface area contributed by atoms with Gasteiger partial charge >= 0.3 is 5.97 Å². The Morgan fingerprint density at radius 2 is 1.73 bits per heavy atom. The number of halogens is 1. The molecule has 11 heteroatoms. The first kappa shape index (κ1) is 27.6. The summed E-state index contributed by atoms with van der Waals surface area (Å²) in [5.41, 5.74) is 2.67. The lowest BCUT2D eigenvalue weighted by Crippen LogP contribution is -2.21. The molecule has 5 rings (SSSR count). The fourth-order valence-corrected chi connectivity index (χ4v) is 6.76. The predicted octanol–water partition coefficient (Wildman–Crippen LogP) is 5.95. The van der Waals surface area contributed by atoms with Crippen molar-refractivity contribution < 1.29 is 17.9 Å². The van der Waals surface area contributed by atoms with Gasteiger partial charge in [-0.25, -0.2) is 18.2 Å². The van der Waals surface area contributed by atoms with Crippen molar-refractivity contribution in [3.05, 3.63) is 117 Å². The molecule has 0 amide bonds. The van der Waals surface area contributed by atoms with Gasteiger partial charge in [0.2, 0.25) is 15.5 Å². The van der Waals surface area contributed by atoms with Crippen LogP contribution >= 0.6 is 22.9 Å². The van der Waals surface area contributed by atoms with Crippen molar-refractivity contribution in [1.82, 2.24) is 9.55 Å². The van der Waals surface area contributed by atoms with E-state index in [1.54, 1.807) is 35.8 Å². The first-order valence-corrected chi connectivity index (χ1v) is 15.2. The van der Waals surface area contributed by atoms with E-state index in [1.165, 1.54) is 6.20 Å². The van der Waals surface area contributed by atoms with Crippen LogP contribution < -0.4 is 10.2 Å². The second kappa shape index (κ2) is 11.6. The number of carbonyl (C=O) groups excluding carboxylic acids is 1. The number of esters is 1. The number of benzene rings is 3. The van der Waals surface area contributed by atoms with E-state index in [4.69, 9.17) is 16.3 Å². The van der Waals surface area contributed by atoms with E-state index in [1.807, 2.05) is 54.6 Å².